The molecule has 1 unspecified atom stereocenters. The summed E-state index contributed by atoms with van der Waals surface area (Å²) in [5.74, 6) is -1.14. The van der Waals surface area contributed by atoms with E-state index in [4.69, 9.17) is 4.74 Å². The lowest BCUT2D eigenvalue weighted by Gasteiger charge is -2.15. The van der Waals surface area contributed by atoms with Crippen LogP contribution in [-0.2, 0) is 0 Å². The number of hydrogen-bond donors (Lipinski definition) is 1. The smallest absolute Gasteiger partial charge is 0.167 e. The van der Waals surface area contributed by atoms with Crippen molar-refractivity contribution >= 4 is 5.69 Å². The van der Waals surface area contributed by atoms with Crippen LogP contribution in [0.2, 0.25) is 0 Å². The summed E-state index contributed by atoms with van der Waals surface area (Å²) in [7, 11) is 1.31. The van der Waals surface area contributed by atoms with Crippen LogP contribution in [0.4, 0.5) is 14.5 Å². The fourth-order valence-electron chi connectivity index (χ4n) is 1.57. The summed E-state index contributed by atoms with van der Waals surface area (Å²) in [6.45, 7) is 3.98. The Bertz CT molecular complexity index is 355. The van der Waals surface area contributed by atoms with Gasteiger partial charge in [-0.3, -0.25) is 0 Å². The van der Waals surface area contributed by atoms with Gasteiger partial charge in [-0.1, -0.05) is 13.3 Å². The van der Waals surface area contributed by atoms with Gasteiger partial charge in [-0.05, 0) is 13.3 Å². The summed E-state index contributed by atoms with van der Waals surface area (Å²) >= 11 is 0. The van der Waals surface area contributed by atoms with Gasteiger partial charge in [0.1, 0.15) is 5.82 Å². The molecule has 1 aromatic rings. The van der Waals surface area contributed by atoms with Crippen molar-refractivity contribution in [3.8, 4) is 5.75 Å². The molecule has 90 valence electrons. The molecule has 0 fully saturated rings. The highest BCUT2D eigenvalue weighted by Gasteiger charge is 2.11. The summed E-state index contributed by atoms with van der Waals surface area (Å²) in [6, 6.07) is 2.30. The lowest BCUT2D eigenvalue weighted by Crippen LogP contribution is -2.15. The SMILES string of the molecule is CCCC(C)Nc1cc(F)c(OC)cc1F. The molecule has 2 nitrogen and oxygen atoms in total. The summed E-state index contributed by atoms with van der Waals surface area (Å²) in [5, 5.41) is 2.93. The van der Waals surface area contributed by atoms with Crippen molar-refractivity contribution in [1.82, 2.24) is 0 Å². The van der Waals surface area contributed by atoms with E-state index < -0.39 is 11.6 Å². The van der Waals surface area contributed by atoms with Crippen molar-refractivity contribution in [2.24, 2.45) is 0 Å². The van der Waals surface area contributed by atoms with Gasteiger partial charge in [0, 0.05) is 18.2 Å². The molecule has 0 spiro atoms. The molecule has 1 rings (SSSR count). The predicted octanol–water partition coefficient (Wildman–Crippen LogP) is 3.57. The van der Waals surface area contributed by atoms with Gasteiger partial charge in [0.05, 0.1) is 12.8 Å². The first-order valence-electron chi connectivity index (χ1n) is 5.38. The number of anilines is 1. The number of hydrogen-bond acceptors (Lipinski definition) is 2. The Morgan fingerprint density at radius 1 is 1.31 bits per heavy atom. The lowest BCUT2D eigenvalue weighted by molar-refractivity contribution is 0.383. The second-order valence-electron chi connectivity index (χ2n) is 3.80. The van der Waals surface area contributed by atoms with Crippen LogP contribution in [0.25, 0.3) is 0 Å². The largest absolute Gasteiger partial charge is 0.494 e. The van der Waals surface area contributed by atoms with Gasteiger partial charge in [0.2, 0.25) is 0 Å². The normalized spacial score (nSPS) is 12.3. The molecule has 0 saturated carbocycles. The number of halogens is 2. The molecule has 16 heavy (non-hydrogen) atoms. The first-order valence-corrected chi connectivity index (χ1v) is 5.38. The van der Waals surface area contributed by atoms with E-state index in [1.165, 1.54) is 7.11 Å². The first-order chi connectivity index (χ1) is 7.58. The van der Waals surface area contributed by atoms with Gasteiger partial charge in [-0.25, -0.2) is 8.78 Å². The summed E-state index contributed by atoms with van der Waals surface area (Å²) in [6.07, 6.45) is 1.90. The third-order valence-corrected chi connectivity index (χ3v) is 2.37. The van der Waals surface area contributed by atoms with E-state index in [0.29, 0.717) is 0 Å². The topological polar surface area (TPSA) is 21.3 Å². The Morgan fingerprint density at radius 2 is 2.00 bits per heavy atom. The second kappa shape index (κ2) is 5.68. The fourth-order valence-corrected chi connectivity index (χ4v) is 1.57. The summed E-state index contributed by atoms with van der Waals surface area (Å²) < 4.78 is 31.5. The number of methoxy groups -OCH3 is 1. The van der Waals surface area contributed by atoms with E-state index >= 15 is 0 Å². The third-order valence-electron chi connectivity index (χ3n) is 2.37. The minimum atomic E-state index is -0.560. The van der Waals surface area contributed by atoms with Crippen molar-refractivity contribution in [3.05, 3.63) is 23.8 Å². The molecule has 0 radical (unpaired) electrons. The molecule has 0 aliphatic carbocycles. The molecule has 0 amide bonds. The maximum Gasteiger partial charge on any atom is 0.167 e. The molecular weight excluding hydrogens is 212 g/mol. The molecule has 4 heteroatoms. The zero-order chi connectivity index (χ0) is 12.1. The van der Waals surface area contributed by atoms with Gasteiger partial charge in [0.25, 0.3) is 0 Å². The van der Waals surface area contributed by atoms with Gasteiger partial charge in [0.15, 0.2) is 11.6 Å². The Morgan fingerprint density at radius 3 is 2.56 bits per heavy atom. The van der Waals surface area contributed by atoms with Crippen molar-refractivity contribution in [2.45, 2.75) is 32.7 Å². The monoisotopic (exact) mass is 229 g/mol. The molecule has 0 aliphatic heterocycles. The van der Waals surface area contributed by atoms with E-state index in [1.54, 1.807) is 0 Å². The number of ether oxygens (including phenoxy) is 1. The average Bonchev–Trinajstić information content (AvgIpc) is 2.23. The summed E-state index contributed by atoms with van der Waals surface area (Å²) in [4.78, 5) is 0. The zero-order valence-corrected chi connectivity index (χ0v) is 9.81. The molecule has 1 aromatic carbocycles. The maximum absolute atomic E-state index is 13.5. The Labute approximate surface area is 94.6 Å². The number of benzene rings is 1. The molecule has 0 heterocycles. The molecule has 1 N–H and O–H groups in total. The van der Waals surface area contributed by atoms with Crippen LogP contribution < -0.4 is 10.1 Å². The summed E-state index contributed by atoms with van der Waals surface area (Å²) in [5.41, 5.74) is 0.180. The fraction of sp³-hybridized carbons (Fsp3) is 0.500. The van der Waals surface area contributed by atoms with Crippen LogP contribution >= 0.6 is 0 Å². The van der Waals surface area contributed by atoms with E-state index in [2.05, 4.69) is 5.32 Å². The zero-order valence-electron chi connectivity index (χ0n) is 9.81. The van der Waals surface area contributed by atoms with E-state index in [1.807, 2.05) is 13.8 Å². The predicted molar refractivity (Wildman–Crippen MR) is 60.9 cm³/mol. The molecule has 1 atom stereocenters. The number of rotatable bonds is 5. The Hall–Kier alpha value is -1.32. The van der Waals surface area contributed by atoms with Gasteiger partial charge >= 0.3 is 0 Å². The van der Waals surface area contributed by atoms with Crippen LogP contribution in [0.1, 0.15) is 26.7 Å². The van der Waals surface area contributed by atoms with E-state index in [9.17, 15) is 8.78 Å². The third kappa shape index (κ3) is 3.08. The quantitative estimate of drug-likeness (QED) is 0.833. The van der Waals surface area contributed by atoms with E-state index in [0.717, 1.165) is 25.0 Å². The average molecular weight is 229 g/mol. The highest BCUT2D eigenvalue weighted by atomic mass is 19.1. The highest BCUT2D eigenvalue weighted by molar-refractivity contribution is 5.49. The molecule has 0 saturated heterocycles. The Kier molecular flexibility index (Phi) is 4.52. The van der Waals surface area contributed by atoms with Crippen molar-refractivity contribution in [2.75, 3.05) is 12.4 Å². The molecule has 0 aromatic heterocycles. The molecule has 0 aliphatic rings. The molecule has 0 bridgehead atoms. The second-order valence-corrected chi connectivity index (χ2v) is 3.80. The standard InChI is InChI=1S/C12H17F2NO/c1-4-5-8(2)15-11-6-10(14)12(16-3)7-9(11)13/h6-8,15H,4-5H2,1-3H3. The van der Waals surface area contributed by atoms with Crippen LogP contribution in [0.3, 0.4) is 0 Å². The van der Waals surface area contributed by atoms with Crippen LogP contribution in [0.15, 0.2) is 12.1 Å². The maximum atomic E-state index is 13.5. The van der Waals surface area contributed by atoms with Crippen LogP contribution in [0, 0.1) is 11.6 Å². The first kappa shape index (κ1) is 12.7. The number of nitrogens with one attached hydrogen (secondary N) is 1. The van der Waals surface area contributed by atoms with Gasteiger partial charge < -0.3 is 10.1 Å². The van der Waals surface area contributed by atoms with Crippen molar-refractivity contribution in [1.29, 1.82) is 0 Å². The van der Waals surface area contributed by atoms with Crippen molar-refractivity contribution < 1.29 is 13.5 Å². The minimum absolute atomic E-state index is 0.0776. The molecular formula is C12H17F2NO. The van der Waals surface area contributed by atoms with Gasteiger partial charge in [-0.2, -0.15) is 0 Å². The lowest BCUT2D eigenvalue weighted by atomic mass is 10.2. The Balaban J connectivity index is 2.85. The van der Waals surface area contributed by atoms with E-state index in [-0.39, 0.29) is 17.5 Å². The minimum Gasteiger partial charge on any atom is -0.494 e. The van der Waals surface area contributed by atoms with Gasteiger partial charge in [-0.15, -0.1) is 0 Å². The van der Waals surface area contributed by atoms with Crippen LogP contribution in [0.5, 0.6) is 5.75 Å². The highest BCUT2D eigenvalue weighted by Crippen LogP contribution is 2.25. The van der Waals surface area contributed by atoms with Crippen molar-refractivity contribution in [3.63, 3.8) is 0 Å². The van der Waals surface area contributed by atoms with Crippen LogP contribution in [-0.4, -0.2) is 13.2 Å².